The fraction of sp³-hybridized carbons (Fsp3) is 0.214. The van der Waals surface area contributed by atoms with Gasteiger partial charge in [0, 0.05) is 41.6 Å². The summed E-state index contributed by atoms with van der Waals surface area (Å²) in [6, 6.07) is 10.9. The summed E-state index contributed by atoms with van der Waals surface area (Å²) < 4.78 is 62.3. The third kappa shape index (κ3) is 4.99. The smallest absolute Gasteiger partial charge is 0.421 e. The van der Waals surface area contributed by atoms with Gasteiger partial charge in [0.2, 0.25) is 5.95 Å². The van der Waals surface area contributed by atoms with Crippen molar-refractivity contribution in [2.24, 2.45) is 7.05 Å². The maximum atomic E-state index is 14.0. The molecule has 0 unspecified atom stereocenters. The number of rotatable bonds is 6. The van der Waals surface area contributed by atoms with Crippen LogP contribution in [0, 0.1) is 19.8 Å². The lowest BCUT2D eigenvalue weighted by Gasteiger charge is -2.16. The Morgan fingerprint density at radius 2 is 1.85 bits per heavy atom. The normalized spacial score (nSPS) is 11.8. The Hall–Kier alpha value is -4.54. The van der Waals surface area contributed by atoms with Crippen LogP contribution < -0.4 is 10.3 Å². The number of halogens is 4. The second-order valence-electron chi connectivity index (χ2n) is 9.12. The molecule has 39 heavy (non-hydrogen) atoms. The number of aryl methyl sites for hydroxylation is 2. The van der Waals surface area contributed by atoms with Crippen LogP contribution in [-0.4, -0.2) is 24.1 Å². The van der Waals surface area contributed by atoms with E-state index in [1.807, 2.05) is 26.0 Å². The molecule has 0 atom stereocenters. The molecule has 1 aromatic carbocycles. The van der Waals surface area contributed by atoms with Gasteiger partial charge in [-0.3, -0.25) is 9.78 Å². The van der Waals surface area contributed by atoms with Crippen molar-refractivity contribution in [3.8, 4) is 17.1 Å². The van der Waals surface area contributed by atoms with E-state index in [4.69, 9.17) is 4.74 Å². The molecule has 0 saturated carbocycles. The molecule has 0 aliphatic carbocycles. The molecule has 5 aromatic rings. The molecule has 0 fully saturated rings. The molecule has 0 radical (unpaired) electrons. The Labute approximate surface area is 220 Å². The van der Waals surface area contributed by atoms with E-state index in [9.17, 15) is 22.4 Å². The highest BCUT2D eigenvalue weighted by Gasteiger charge is 2.34. The fourth-order valence-electron chi connectivity index (χ4n) is 4.46. The predicted octanol–water partition coefficient (Wildman–Crippen LogP) is 5.59. The summed E-state index contributed by atoms with van der Waals surface area (Å²) in [5.74, 6) is 0.425. The summed E-state index contributed by atoms with van der Waals surface area (Å²) in [5.41, 5.74) is 1.38. The molecular weight excluding hydrogens is 514 g/mol. The van der Waals surface area contributed by atoms with Crippen molar-refractivity contribution < 1.29 is 22.3 Å². The van der Waals surface area contributed by atoms with E-state index in [2.05, 4.69) is 15.0 Å². The third-order valence-electron chi connectivity index (χ3n) is 6.50. The molecule has 0 N–H and O–H groups in total. The SMILES string of the molecule is Cc1cc(-c2ncc(F)n2C)c2cccc(OCc3c(C)ccnc3Cn3cccc(C(F)(F)F)c3=O)c2n1. The van der Waals surface area contributed by atoms with E-state index >= 15 is 0 Å². The molecule has 0 spiro atoms. The van der Waals surface area contributed by atoms with Crippen LogP contribution >= 0.6 is 0 Å². The number of para-hydroxylation sites is 1. The van der Waals surface area contributed by atoms with Gasteiger partial charge in [0.1, 0.15) is 29.3 Å². The third-order valence-corrected chi connectivity index (χ3v) is 6.50. The van der Waals surface area contributed by atoms with Crippen molar-refractivity contribution in [1.82, 2.24) is 24.1 Å². The van der Waals surface area contributed by atoms with Gasteiger partial charge in [-0.2, -0.15) is 17.6 Å². The maximum Gasteiger partial charge on any atom is 0.421 e. The standard InChI is InChI=1S/C28H23F4N5O2/c1-16-9-10-33-22(14-37-11-5-7-21(27(37)38)28(30,31)32)20(16)15-39-23-8-4-6-18-19(12-17(2)35-25(18)23)26-34-13-24(29)36(26)3/h4-13H,14-15H2,1-3H3. The number of fused-ring (bicyclic) bond motifs is 1. The highest BCUT2D eigenvalue weighted by atomic mass is 19.4. The summed E-state index contributed by atoms with van der Waals surface area (Å²) in [7, 11) is 1.59. The summed E-state index contributed by atoms with van der Waals surface area (Å²) in [5, 5.41) is 0.713. The molecule has 0 bridgehead atoms. The molecule has 0 amide bonds. The Balaban J connectivity index is 1.50. The van der Waals surface area contributed by atoms with Crippen molar-refractivity contribution in [2.75, 3.05) is 0 Å². The quantitative estimate of drug-likeness (QED) is 0.264. The molecule has 7 nitrogen and oxygen atoms in total. The first kappa shape index (κ1) is 26.1. The van der Waals surface area contributed by atoms with Crippen LogP contribution in [0.4, 0.5) is 17.6 Å². The van der Waals surface area contributed by atoms with Gasteiger partial charge < -0.3 is 13.9 Å². The number of ether oxygens (including phenoxy) is 1. The maximum absolute atomic E-state index is 14.0. The number of nitrogens with zero attached hydrogens (tertiary/aromatic N) is 5. The van der Waals surface area contributed by atoms with Gasteiger partial charge in [0.15, 0.2) is 0 Å². The summed E-state index contributed by atoms with van der Waals surface area (Å²) in [4.78, 5) is 25.7. The molecule has 0 aliphatic rings. The van der Waals surface area contributed by atoms with Crippen LogP contribution in [0.25, 0.3) is 22.3 Å². The first-order chi connectivity index (χ1) is 18.5. The number of benzene rings is 1. The minimum absolute atomic E-state index is 0.0316. The highest BCUT2D eigenvalue weighted by Crippen LogP contribution is 2.33. The molecule has 200 valence electrons. The van der Waals surface area contributed by atoms with Gasteiger partial charge in [-0.05, 0) is 49.7 Å². The average molecular weight is 538 g/mol. The summed E-state index contributed by atoms with van der Waals surface area (Å²) in [6.07, 6.45) is -0.773. The largest absolute Gasteiger partial charge is 0.487 e. The lowest BCUT2D eigenvalue weighted by Crippen LogP contribution is -2.29. The van der Waals surface area contributed by atoms with Crippen LogP contribution in [0.1, 0.15) is 28.1 Å². The van der Waals surface area contributed by atoms with Gasteiger partial charge in [0.25, 0.3) is 5.56 Å². The minimum Gasteiger partial charge on any atom is -0.487 e. The Bertz CT molecular complexity index is 1760. The van der Waals surface area contributed by atoms with Crippen LogP contribution in [0.3, 0.4) is 0 Å². The van der Waals surface area contributed by atoms with E-state index in [1.54, 1.807) is 25.2 Å². The Kier molecular flexibility index (Phi) is 6.67. The van der Waals surface area contributed by atoms with Crippen molar-refractivity contribution in [2.45, 2.75) is 33.2 Å². The van der Waals surface area contributed by atoms with Crippen molar-refractivity contribution in [1.29, 1.82) is 0 Å². The Morgan fingerprint density at radius 3 is 2.56 bits per heavy atom. The first-order valence-corrected chi connectivity index (χ1v) is 12.0. The molecule has 4 heterocycles. The van der Waals surface area contributed by atoms with E-state index < -0.39 is 23.2 Å². The summed E-state index contributed by atoms with van der Waals surface area (Å²) >= 11 is 0. The zero-order chi connectivity index (χ0) is 27.9. The molecule has 0 saturated heterocycles. The van der Waals surface area contributed by atoms with E-state index in [0.29, 0.717) is 45.0 Å². The second kappa shape index (κ2) is 9.97. The number of imidazole rings is 1. The van der Waals surface area contributed by atoms with E-state index in [-0.39, 0.29) is 13.2 Å². The van der Waals surface area contributed by atoms with Crippen LogP contribution in [0.5, 0.6) is 5.75 Å². The zero-order valence-electron chi connectivity index (χ0n) is 21.3. The first-order valence-electron chi connectivity index (χ1n) is 12.0. The fourth-order valence-corrected chi connectivity index (χ4v) is 4.46. The van der Waals surface area contributed by atoms with Crippen molar-refractivity contribution >= 4 is 10.9 Å². The van der Waals surface area contributed by atoms with Crippen LogP contribution in [0.15, 0.2) is 65.8 Å². The topological polar surface area (TPSA) is 74.8 Å². The number of alkyl halides is 3. The van der Waals surface area contributed by atoms with Crippen LogP contribution in [-0.2, 0) is 26.4 Å². The van der Waals surface area contributed by atoms with Crippen LogP contribution in [0.2, 0.25) is 0 Å². The second-order valence-corrected chi connectivity index (χ2v) is 9.12. The molecular formula is C28H23F4N5O2. The van der Waals surface area contributed by atoms with Gasteiger partial charge in [-0.15, -0.1) is 0 Å². The molecule has 5 rings (SSSR count). The average Bonchev–Trinajstić information content (AvgIpc) is 3.21. The van der Waals surface area contributed by atoms with Crippen molar-refractivity contribution in [3.63, 3.8) is 0 Å². The molecule has 4 aromatic heterocycles. The lowest BCUT2D eigenvalue weighted by molar-refractivity contribution is -0.138. The number of hydrogen-bond acceptors (Lipinski definition) is 5. The van der Waals surface area contributed by atoms with Crippen molar-refractivity contribution in [3.05, 3.63) is 105 Å². The van der Waals surface area contributed by atoms with E-state index in [0.717, 1.165) is 22.4 Å². The molecule has 11 heteroatoms. The number of hydrogen-bond donors (Lipinski definition) is 0. The minimum atomic E-state index is -4.76. The highest BCUT2D eigenvalue weighted by molar-refractivity contribution is 5.96. The van der Waals surface area contributed by atoms with Gasteiger partial charge >= 0.3 is 6.18 Å². The van der Waals surface area contributed by atoms with Gasteiger partial charge in [-0.25, -0.2) is 9.97 Å². The molecule has 0 aliphatic heterocycles. The predicted molar refractivity (Wildman–Crippen MR) is 137 cm³/mol. The number of pyridine rings is 3. The monoisotopic (exact) mass is 537 g/mol. The summed E-state index contributed by atoms with van der Waals surface area (Å²) in [6.45, 7) is 3.52. The van der Waals surface area contributed by atoms with E-state index in [1.165, 1.54) is 23.0 Å². The lowest BCUT2D eigenvalue weighted by atomic mass is 10.1. The number of aromatic nitrogens is 5. The zero-order valence-corrected chi connectivity index (χ0v) is 21.3. The van der Waals surface area contributed by atoms with Gasteiger partial charge in [-0.1, -0.05) is 12.1 Å². The van der Waals surface area contributed by atoms with Gasteiger partial charge in [0.05, 0.1) is 18.4 Å². The Morgan fingerprint density at radius 1 is 1.05 bits per heavy atom.